The fraction of sp³-hybridized carbons (Fsp3) is 0.278. The molecule has 0 spiro atoms. The van der Waals surface area contributed by atoms with Crippen molar-refractivity contribution < 1.29 is 14.3 Å². The van der Waals surface area contributed by atoms with E-state index in [-0.39, 0.29) is 11.9 Å². The summed E-state index contributed by atoms with van der Waals surface area (Å²) in [5.41, 5.74) is 2.68. The quantitative estimate of drug-likeness (QED) is 0.709. The minimum Gasteiger partial charge on any atom is -0.493 e. The third-order valence-corrected chi connectivity index (χ3v) is 5.33. The number of hydrogen-bond donors (Lipinski definition) is 1. The van der Waals surface area contributed by atoms with Crippen LogP contribution in [0.1, 0.15) is 34.1 Å². The number of rotatable bonds is 3. The highest BCUT2D eigenvalue weighted by Gasteiger charge is 2.26. The number of para-hydroxylation sites is 1. The Bertz CT molecular complexity index is 1000. The topological polar surface area (TPSA) is 77.8 Å². The van der Waals surface area contributed by atoms with E-state index in [0.717, 1.165) is 21.5 Å². The molecule has 1 aliphatic rings. The molecule has 1 unspecified atom stereocenters. The van der Waals surface area contributed by atoms with Crippen LogP contribution in [0.3, 0.4) is 0 Å². The molecule has 0 aliphatic carbocycles. The maximum absolute atomic E-state index is 12.9. The molecular weight excluding hydrogens is 400 g/mol. The zero-order valence-electron chi connectivity index (χ0n) is 14.3. The number of methoxy groups -OCH3 is 1. The lowest BCUT2D eigenvalue weighted by molar-refractivity contribution is 0.0920. The fourth-order valence-corrected chi connectivity index (χ4v) is 3.47. The Hall–Kier alpha value is -2.61. The Morgan fingerprint density at radius 3 is 3.04 bits per heavy atom. The molecule has 3 heterocycles. The van der Waals surface area contributed by atoms with E-state index in [2.05, 4.69) is 31.3 Å². The van der Waals surface area contributed by atoms with Gasteiger partial charge < -0.3 is 14.8 Å². The van der Waals surface area contributed by atoms with E-state index in [1.165, 1.54) is 17.8 Å². The number of carbonyl (C=O) groups is 1. The lowest BCUT2D eigenvalue weighted by Gasteiger charge is -2.26. The molecule has 1 atom stereocenters. The van der Waals surface area contributed by atoms with Gasteiger partial charge in [-0.25, -0.2) is 4.98 Å². The van der Waals surface area contributed by atoms with Crippen molar-refractivity contribution in [3.8, 4) is 11.6 Å². The molecule has 1 amide bonds. The average Bonchev–Trinajstić information content (AvgIpc) is 2.95. The SMILES string of the molecule is COc1c(C(=O)NC2CCOc3ccccc32)cnc2c(Br)c(C)nn12. The van der Waals surface area contributed by atoms with Gasteiger partial charge in [0.1, 0.15) is 11.3 Å². The molecular formula is C18H17BrN4O3. The molecule has 134 valence electrons. The molecule has 2 aromatic heterocycles. The van der Waals surface area contributed by atoms with Gasteiger partial charge in [0.15, 0.2) is 5.65 Å². The summed E-state index contributed by atoms with van der Waals surface area (Å²) >= 11 is 3.46. The van der Waals surface area contributed by atoms with Gasteiger partial charge in [-0.3, -0.25) is 4.79 Å². The van der Waals surface area contributed by atoms with E-state index in [9.17, 15) is 4.79 Å². The summed E-state index contributed by atoms with van der Waals surface area (Å²) in [5, 5.41) is 7.45. The van der Waals surface area contributed by atoms with Crippen molar-refractivity contribution in [2.24, 2.45) is 0 Å². The molecule has 3 aromatic rings. The number of carbonyl (C=O) groups excluding carboxylic acids is 1. The summed E-state index contributed by atoms with van der Waals surface area (Å²) in [5.74, 6) is 0.889. The van der Waals surface area contributed by atoms with Crippen LogP contribution in [0.25, 0.3) is 5.65 Å². The first-order valence-corrected chi connectivity index (χ1v) is 9.00. The monoisotopic (exact) mass is 416 g/mol. The van der Waals surface area contributed by atoms with Crippen LogP contribution in [0.2, 0.25) is 0 Å². The molecule has 0 saturated carbocycles. The van der Waals surface area contributed by atoms with Crippen LogP contribution in [0.15, 0.2) is 34.9 Å². The summed E-state index contributed by atoms with van der Waals surface area (Å²) in [6.45, 7) is 2.42. The standard InChI is InChI=1S/C18H17BrN4O3/c1-10-15(19)16-20-9-12(18(25-2)23(16)22-10)17(24)21-13-7-8-26-14-6-4-3-5-11(13)14/h3-6,9,13H,7-8H2,1-2H3,(H,21,24). The zero-order valence-corrected chi connectivity index (χ0v) is 15.9. The Morgan fingerprint density at radius 2 is 2.23 bits per heavy atom. The lowest BCUT2D eigenvalue weighted by atomic mass is 10.0. The zero-order chi connectivity index (χ0) is 18.3. The first-order chi connectivity index (χ1) is 12.6. The maximum atomic E-state index is 12.9. The van der Waals surface area contributed by atoms with E-state index in [1.807, 2.05) is 31.2 Å². The van der Waals surface area contributed by atoms with Crippen molar-refractivity contribution in [1.82, 2.24) is 19.9 Å². The highest BCUT2D eigenvalue weighted by atomic mass is 79.9. The van der Waals surface area contributed by atoms with Crippen molar-refractivity contribution in [1.29, 1.82) is 0 Å². The third kappa shape index (κ3) is 2.70. The largest absolute Gasteiger partial charge is 0.493 e. The Balaban J connectivity index is 1.69. The van der Waals surface area contributed by atoms with Crippen LogP contribution < -0.4 is 14.8 Å². The second-order valence-electron chi connectivity index (χ2n) is 6.02. The number of amides is 1. The van der Waals surface area contributed by atoms with Crippen molar-refractivity contribution >= 4 is 27.5 Å². The summed E-state index contributed by atoms with van der Waals surface area (Å²) < 4.78 is 13.4. The molecule has 0 bridgehead atoms. The van der Waals surface area contributed by atoms with E-state index in [1.54, 1.807) is 0 Å². The van der Waals surface area contributed by atoms with Crippen LogP contribution >= 0.6 is 15.9 Å². The fourth-order valence-electron chi connectivity index (χ4n) is 3.12. The first kappa shape index (κ1) is 16.8. The maximum Gasteiger partial charge on any atom is 0.258 e. The number of halogens is 1. The molecule has 26 heavy (non-hydrogen) atoms. The van der Waals surface area contributed by atoms with Crippen LogP contribution in [0.4, 0.5) is 0 Å². The normalized spacial score (nSPS) is 16.0. The number of aryl methyl sites for hydroxylation is 1. The molecule has 0 radical (unpaired) electrons. The minimum atomic E-state index is -0.262. The van der Waals surface area contributed by atoms with Gasteiger partial charge in [0, 0.05) is 18.2 Å². The van der Waals surface area contributed by atoms with E-state index >= 15 is 0 Å². The number of nitrogens with one attached hydrogen (secondary N) is 1. The number of ether oxygens (including phenoxy) is 2. The summed E-state index contributed by atoms with van der Waals surface area (Å²) in [6, 6.07) is 7.60. The molecule has 1 aliphatic heterocycles. The van der Waals surface area contributed by atoms with Crippen LogP contribution in [0.5, 0.6) is 11.6 Å². The van der Waals surface area contributed by atoms with E-state index < -0.39 is 0 Å². The van der Waals surface area contributed by atoms with Gasteiger partial charge in [-0.2, -0.15) is 9.61 Å². The highest BCUT2D eigenvalue weighted by Crippen LogP contribution is 2.32. The molecule has 1 aromatic carbocycles. The molecule has 7 nitrogen and oxygen atoms in total. The molecule has 0 fully saturated rings. The second kappa shape index (κ2) is 6.60. The van der Waals surface area contributed by atoms with E-state index in [4.69, 9.17) is 9.47 Å². The summed E-state index contributed by atoms with van der Waals surface area (Å²) in [6.07, 6.45) is 2.22. The smallest absolute Gasteiger partial charge is 0.258 e. The van der Waals surface area contributed by atoms with Crippen LogP contribution in [-0.2, 0) is 0 Å². The predicted octanol–water partition coefficient (Wildman–Crippen LogP) is 3.06. The minimum absolute atomic E-state index is 0.126. The number of fused-ring (bicyclic) bond motifs is 2. The molecule has 0 saturated heterocycles. The second-order valence-corrected chi connectivity index (χ2v) is 6.81. The Labute approximate surface area is 158 Å². The molecule has 4 rings (SSSR count). The van der Waals surface area contributed by atoms with Gasteiger partial charge in [0.2, 0.25) is 5.88 Å². The number of nitrogens with zero attached hydrogens (tertiary/aromatic N) is 3. The number of hydrogen-bond acceptors (Lipinski definition) is 5. The first-order valence-electron chi connectivity index (χ1n) is 8.20. The van der Waals surface area contributed by atoms with Gasteiger partial charge in [0.25, 0.3) is 5.91 Å². The van der Waals surface area contributed by atoms with Crippen molar-refractivity contribution in [2.45, 2.75) is 19.4 Å². The lowest BCUT2D eigenvalue weighted by Crippen LogP contribution is -2.32. The van der Waals surface area contributed by atoms with Crippen molar-refractivity contribution in [3.05, 3.63) is 51.8 Å². The number of aromatic nitrogens is 3. The van der Waals surface area contributed by atoms with Gasteiger partial charge in [-0.05, 0) is 28.9 Å². The van der Waals surface area contributed by atoms with Crippen LogP contribution in [0, 0.1) is 6.92 Å². The average molecular weight is 417 g/mol. The third-order valence-electron chi connectivity index (χ3n) is 4.41. The predicted molar refractivity (Wildman–Crippen MR) is 98.7 cm³/mol. The summed E-state index contributed by atoms with van der Waals surface area (Å²) in [4.78, 5) is 17.3. The summed E-state index contributed by atoms with van der Waals surface area (Å²) in [7, 11) is 1.51. The van der Waals surface area contributed by atoms with Gasteiger partial charge in [0.05, 0.1) is 29.9 Å². The Kier molecular flexibility index (Phi) is 4.28. The van der Waals surface area contributed by atoms with Gasteiger partial charge in [-0.15, -0.1) is 0 Å². The van der Waals surface area contributed by atoms with E-state index in [0.29, 0.717) is 30.1 Å². The molecule has 1 N–H and O–H groups in total. The van der Waals surface area contributed by atoms with Gasteiger partial charge in [-0.1, -0.05) is 18.2 Å². The van der Waals surface area contributed by atoms with Crippen molar-refractivity contribution in [3.63, 3.8) is 0 Å². The number of benzene rings is 1. The Morgan fingerprint density at radius 1 is 1.42 bits per heavy atom. The van der Waals surface area contributed by atoms with Gasteiger partial charge >= 0.3 is 0 Å². The van der Waals surface area contributed by atoms with Crippen LogP contribution in [-0.4, -0.2) is 34.2 Å². The van der Waals surface area contributed by atoms with Crippen molar-refractivity contribution in [2.75, 3.05) is 13.7 Å². The highest BCUT2D eigenvalue weighted by molar-refractivity contribution is 9.10. The molecule has 8 heteroatoms.